The number of carboxylic acids is 1. The van der Waals surface area contributed by atoms with E-state index in [-0.39, 0.29) is 31.1 Å². The zero-order valence-corrected chi connectivity index (χ0v) is 16.2. The van der Waals surface area contributed by atoms with Crippen LogP contribution in [-0.2, 0) is 19.2 Å². The van der Waals surface area contributed by atoms with Gasteiger partial charge in [0.05, 0.1) is 6.04 Å². The zero-order valence-electron chi connectivity index (χ0n) is 16.2. The Balaban J connectivity index is 4.96. The minimum atomic E-state index is -1.21. The van der Waals surface area contributed by atoms with E-state index in [4.69, 9.17) is 22.9 Å². The number of aliphatic carboxylic acids is 1. The largest absolute Gasteiger partial charge is 0.480 e. The summed E-state index contributed by atoms with van der Waals surface area (Å²) in [4.78, 5) is 50.8. The topological polar surface area (TPSA) is 229 Å². The number of hydrogen-bond acceptors (Lipinski definition) is 6. The van der Waals surface area contributed by atoms with Crippen molar-refractivity contribution in [1.29, 1.82) is 0 Å². The summed E-state index contributed by atoms with van der Waals surface area (Å²) in [6.07, 6.45) is 0.450. The van der Waals surface area contributed by atoms with Crippen molar-refractivity contribution in [3.8, 4) is 0 Å². The molecular formula is C16H31N7O5. The van der Waals surface area contributed by atoms with Gasteiger partial charge in [-0.2, -0.15) is 0 Å². The number of nitrogens with two attached hydrogens (primary N) is 4. The van der Waals surface area contributed by atoms with Gasteiger partial charge in [-0.1, -0.05) is 13.8 Å². The lowest BCUT2D eigenvalue weighted by Gasteiger charge is -2.24. The van der Waals surface area contributed by atoms with Gasteiger partial charge in [-0.3, -0.25) is 19.4 Å². The van der Waals surface area contributed by atoms with Crippen LogP contribution in [0.15, 0.2) is 4.99 Å². The summed E-state index contributed by atoms with van der Waals surface area (Å²) >= 11 is 0. The van der Waals surface area contributed by atoms with E-state index in [0.29, 0.717) is 13.0 Å². The fourth-order valence-electron chi connectivity index (χ4n) is 2.25. The van der Waals surface area contributed by atoms with Crippen molar-refractivity contribution in [2.24, 2.45) is 33.8 Å². The quantitative estimate of drug-likeness (QED) is 0.0975. The molecule has 3 atom stereocenters. The highest BCUT2D eigenvalue weighted by atomic mass is 16.4. The molecule has 0 fully saturated rings. The third-order valence-corrected chi connectivity index (χ3v) is 3.85. The number of hydrogen-bond donors (Lipinski definition) is 7. The van der Waals surface area contributed by atoms with Crippen LogP contribution in [0.5, 0.6) is 0 Å². The highest BCUT2D eigenvalue weighted by Gasteiger charge is 2.29. The van der Waals surface area contributed by atoms with Gasteiger partial charge in [0, 0.05) is 13.0 Å². The molecule has 0 aromatic heterocycles. The first-order chi connectivity index (χ1) is 13.0. The van der Waals surface area contributed by atoms with Crippen molar-refractivity contribution >= 4 is 29.7 Å². The van der Waals surface area contributed by atoms with E-state index in [1.54, 1.807) is 13.8 Å². The van der Waals surface area contributed by atoms with Crippen molar-refractivity contribution in [2.45, 2.75) is 57.7 Å². The van der Waals surface area contributed by atoms with Gasteiger partial charge in [-0.15, -0.1) is 0 Å². The van der Waals surface area contributed by atoms with Crippen LogP contribution in [0, 0.1) is 5.92 Å². The van der Waals surface area contributed by atoms with Gasteiger partial charge in [-0.25, -0.2) is 4.79 Å². The Morgan fingerprint density at radius 3 is 2.07 bits per heavy atom. The maximum atomic E-state index is 12.4. The van der Waals surface area contributed by atoms with E-state index in [2.05, 4.69) is 15.6 Å². The normalized spacial score (nSPS) is 13.9. The number of carboxylic acid groups (broad SMARTS) is 1. The molecule has 0 aliphatic rings. The second kappa shape index (κ2) is 12.5. The number of carbonyl (C=O) groups excluding carboxylic acids is 3. The Morgan fingerprint density at radius 2 is 1.61 bits per heavy atom. The second-order valence-electron chi connectivity index (χ2n) is 6.69. The average Bonchev–Trinajstić information content (AvgIpc) is 2.58. The Kier molecular flexibility index (Phi) is 11.2. The third kappa shape index (κ3) is 10.3. The number of guanidine groups is 1. The first kappa shape index (κ1) is 25.1. The summed E-state index contributed by atoms with van der Waals surface area (Å²) in [6, 6.07) is -3.23. The maximum Gasteiger partial charge on any atom is 0.326 e. The Hall–Kier alpha value is -2.89. The molecular weight excluding hydrogens is 370 g/mol. The standard InChI is InChI=1S/C16H31N7O5/c1-8(2)12(15(27)28)23-14(26)10(5-6-11(18)24)22-13(25)9(17)4-3-7-21-16(19)20/h8-10,12H,3-7,17H2,1-2H3,(H2,18,24)(H,22,25)(H,23,26)(H,27,28)(H4,19,20,21). The molecule has 3 unspecified atom stereocenters. The monoisotopic (exact) mass is 401 g/mol. The van der Waals surface area contributed by atoms with Gasteiger partial charge in [0.2, 0.25) is 17.7 Å². The van der Waals surface area contributed by atoms with Crippen LogP contribution in [0.3, 0.4) is 0 Å². The highest BCUT2D eigenvalue weighted by molar-refractivity contribution is 5.92. The van der Waals surface area contributed by atoms with Crippen LogP contribution in [0.4, 0.5) is 0 Å². The number of nitrogens with zero attached hydrogens (tertiary/aromatic N) is 1. The fourth-order valence-corrected chi connectivity index (χ4v) is 2.25. The minimum absolute atomic E-state index is 0.0700. The highest BCUT2D eigenvalue weighted by Crippen LogP contribution is 2.05. The molecule has 0 spiro atoms. The molecule has 0 heterocycles. The molecule has 0 bridgehead atoms. The Morgan fingerprint density at radius 1 is 1.00 bits per heavy atom. The van der Waals surface area contributed by atoms with Gasteiger partial charge < -0.3 is 38.7 Å². The molecule has 0 aliphatic heterocycles. The molecule has 28 heavy (non-hydrogen) atoms. The van der Waals surface area contributed by atoms with Crippen LogP contribution in [0.1, 0.15) is 39.5 Å². The second-order valence-corrected chi connectivity index (χ2v) is 6.69. The summed E-state index contributed by atoms with van der Waals surface area (Å²) < 4.78 is 0. The first-order valence-electron chi connectivity index (χ1n) is 8.88. The maximum absolute atomic E-state index is 12.4. The van der Waals surface area contributed by atoms with Crippen molar-refractivity contribution in [3.05, 3.63) is 0 Å². The molecule has 0 aliphatic carbocycles. The van der Waals surface area contributed by atoms with Gasteiger partial charge >= 0.3 is 5.97 Å². The lowest BCUT2D eigenvalue weighted by atomic mass is 10.0. The molecule has 0 rings (SSSR count). The van der Waals surface area contributed by atoms with E-state index in [0.717, 1.165) is 0 Å². The van der Waals surface area contributed by atoms with Crippen LogP contribution in [0.2, 0.25) is 0 Å². The van der Waals surface area contributed by atoms with Gasteiger partial charge in [0.15, 0.2) is 5.96 Å². The predicted octanol–water partition coefficient (Wildman–Crippen LogP) is -2.66. The number of carbonyl (C=O) groups is 4. The Bertz CT molecular complexity index is 590. The van der Waals surface area contributed by atoms with E-state index in [1.165, 1.54) is 0 Å². The first-order valence-corrected chi connectivity index (χ1v) is 8.88. The molecule has 3 amide bonds. The van der Waals surface area contributed by atoms with Crippen LogP contribution in [-0.4, -0.2) is 59.4 Å². The van der Waals surface area contributed by atoms with Crippen molar-refractivity contribution in [3.63, 3.8) is 0 Å². The lowest BCUT2D eigenvalue weighted by Crippen LogP contribution is -2.55. The predicted molar refractivity (Wildman–Crippen MR) is 103 cm³/mol. The summed E-state index contributed by atoms with van der Waals surface area (Å²) in [5.74, 6) is -3.67. The smallest absolute Gasteiger partial charge is 0.326 e. The van der Waals surface area contributed by atoms with Crippen molar-refractivity contribution < 1.29 is 24.3 Å². The molecule has 160 valence electrons. The van der Waals surface area contributed by atoms with Crippen molar-refractivity contribution in [1.82, 2.24) is 10.6 Å². The fraction of sp³-hybridized carbons (Fsp3) is 0.688. The van der Waals surface area contributed by atoms with E-state index in [1.807, 2.05) is 0 Å². The van der Waals surface area contributed by atoms with Crippen LogP contribution >= 0.6 is 0 Å². The number of primary amides is 1. The van der Waals surface area contributed by atoms with E-state index >= 15 is 0 Å². The number of aliphatic imine (C=N–C) groups is 1. The summed E-state index contributed by atoms with van der Waals surface area (Å²) in [6.45, 7) is 3.55. The Labute approximate surface area is 163 Å². The molecule has 0 saturated heterocycles. The molecule has 12 nitrogen and oxygen atoms in total. The summed E-state index contributed by atoms with van der Waals surface area (Å²) in [7, 11) is 0. The lowest BCUT2D eigenvalue weighted by molar-refractivity contribution is -0.143. The van der Waals surface area contributed by atoms with Gasteiger partial charge in [0.1, 0.15) is 12.1 Å². The number of nitrogens with one attached hydrogen (secondary N) is 2. The third-order valence-electron chi connectivity index (χ3n) is 3.85. The number of amides is 3. The molecule has 0 radical (unpaired) electrons. The average molecular weight is 401 g/mol. The van der Waals surface area contributed by atoms with Gasteiger partial charge in [-0.05, 0) is 25.2 Å². The molecule has 11 N–H and O–H groups in total. The SMILES string of the molecule is CC(C)C(NC(=O)C(CCC(N)=O)NC(=O)C(N)CCCN=C(N)N)C(=O)O. The van der Waals surface area contributed by atoms with E-state index in [9.17, 15) is 24.3 Å². The molecule has 0 aromatic rings. The molecule has 12 heteroatoms. The summed E-state index contributed by atoms with van der Waals surface area (Å²) in [5, 5.41) is 14.0. The minimum Gasteiger partial charge on any atom is -0.480 e. The molecule has 0 aromatic carbocycles. The van der Waals surface area contributed by atoms with Crippen LogP contribution < -0.4 is 33.6 Å². The van der Waals surface area contributed by atoms with Gasteiger partial charge in [0.25, 0.3) is 0 Å². The zero-order chi connectivity index (χ0) is 21.9. The molecule has 0 saturated carbocycles. The van der Waals surface area contributed by atoms with E-state index < -0.39 is 41.8 Å². The van der Waals surface area contributed by atoms with Crippen LogP contribution in [0.25, 0.3) is 0 Å². The summed E-state index contributed by atoms with van der Waals surface area (Å²) in [5.41, 5.74) is 21.3. The number of rotatable bonds is 13. The van der Waals surface area contributed by atoms with Crippen molar-refractivity contribution in [2.75, 3.05) is 6.54 Å².